The summed E-state index contributed by atoms with van der Waals surface area (Å²) in [5.74, 6) is -0.592. The topological polar surface area (TPSA) is 160 Å². The summed E-state index contributed by atoms with van der Waals surface area (Å²) in [6.45, 7) is -0.445. The molecule has 4 aromatic rings. The fourth-order valence-electron chi connectivity index (χ4n) is 4.59. The summed E-state index contributed by atoms with van der Waals surface area (Å²) in [7, 11) is -4.52. The van der Waals surface area contributed by atoms with Gasteiger partial charge in [-0.05, 0) is 36.4 Å². The molecule has 5 rings (SSSR count). The van der Waals surface area contributed by atoms with E-state index >= 15 is 0 Å². The van der Waals surface area contributed by atoms with Gasteiger partial charge in [0.2, 0.25) is 0 Å². The number of aromatic amines is 1. The Bertz CT molecular complexity index is 1720. The van der Waals surface area contributed by atoms with E-state index in [1.54, 1.807) is 29.3 Å². The quantitative estimate of drug-likeness (QED) is 0.161. The van der Waals surface area contributed by atoms with Gasteiger partial charge >= 0.3 is 0 Å². The fourth-order valence-corrected chi connectivity index (χ4v) is 5.57. The number of fused-ring (bicyclic) bond motifs is 1. The number of halogens is 2. The Morgan fingerprint density at radius 2 is 1.93 bits per heavy atom. The van der Waals surface area contributed by atoms with Gasteiger partial charge in [-0.15, -0.1) is 0 Å². The number of rotatable bonds is 12. The van der Waals surface area contributed by atoms with Crippen molar-refractivity contribution in [2.24, 2.45) is 5.92 Å². The first kappa shape index (κ1) is 28.9. The summed E-state index contributed by atoms with van der Waals surface area (Å²) in [6, 6.07) is 11.9. The number of carbonyl (C=O) groups is 1. The maximum atomic E-state index is 13.1. The van der Waals surface area contributed by atoms with Crippen LogP contribution >= 0.6 is 0 Å². The first-order valence-electron chi connectivity index (χ1n) is 12.8. The van der Waals surface area contributed by atoms with Crippen LogP contribution in [-0.2, 0) is 10.0 Å². The number of H-pyrrole nitrogens is 1. The van der Waals surface area contributed by atoms with Crippen LogP contribution in [0.4, 0.5) is 20.2 Å². The Labute approximate surface area is 238 Å². The van der Waals surface area contributed by atoms with Crippen LogP contribution in [0.15, 0.2) is 71.9 Å². The smallest absolute Gasteiger partial charge is 0.293 e. The van der Waals surface area contributed by atoms with Crippen LogP contribution in [0.1, 0.15) is 10.4 Å². The van der Waals surface area contributed by atoms with Crippen molar-refractivity contribution in [2.45, 2.75) is 10.9 Å². The van der Waals surface area contributed by atoms with Gasteiger partial charge < -0.3 is 15.0 Å². The maximum Gasteiger partial charge on any atom is 0.293 e. The van der Waals surface area contributed by atoms with Crippen molar-refractivity contribution in [3.05, 3.63) is 82.7 Å². The lowest BCUT2D eigenvalue weighted by atomic mass is 9.98. The Hall–Kier alpha value is -4.63. The van der Waals surface area contributed by atoms with E-state index in [0.717, 1.165) is 17.5 Å². The number of aromatic nitrogens is 2. The Kier molecular flexibility index (Phi) is 8.31. The molecule has 1 amide bonds. The highest BCUT2D eigenvalue weighted by Crippen LogP contribution is 2.30. The number of nitrogens with one attached hydrogen (secondary N) is 3. The van der Waals surface area contributed by atoms with Crippen molar-refractivity contribution in [3.63, 3.8) is 0 Å². The second-order valence-corrected chi connectivity index (χ2v) is 11.4. The number of pyridine rings is 1. The van der Waals surface area contributed by atoms with Crippen LogP contribution in [-0.4, -0.2) is 73.1 Å². The van der Waals surface area contributed by atoms with E-state index in [1.807, 2.05) is 4.72 Å². The molecule has 0 radical (unpaired) electrons. The van der Waals surface area contributed by atoms with Crippen LogP contribution < -0.4 is 14.8 Å². The third-order valence-electron chi connectivity index (χ3n) is 6.88. The molecule has 2 aromatic heterocycles. The zero-order valence-corrected chi connectivity index (χ0v) is 22.8. The molecule has 3 N–H and O–H groups in total. The van der Waals surface area contributed by atoms with Gasteiger partial charge in [0.1, 0.15) is 36.2 Å². The number of benzene rings is 2. The van der Waals surface area contributed by atoms with Gasteiger partial charge in [0, 0.05) is 43.2 Å². The number of anilines is 1. The normalized spacial score (nSPS) is 14.1. The number of amides is 1. The number of nitrogens with zero attached hydrogens (tertiary/aromatic N) is 3. The number of nitro benzene ring substituents is 1. The summed E-state index contributed by atoms with van der Waals surface area (Å²) in [5, 5.41) is 15.4. The van der Waals surface area contributed by atoms with Crippen LogP contribution in [0, 0.1) is 16.0 Å². The second-order valence-electron chi connectivity index (χ2n) is 9.72. The van der Waals surface area contributed by atoms with Crippen molar-refractivity contribution >= 4 is 38.3 Å². The number of nitro groups is 1. The van der Waals surface area contributed by atoms with Gasteiger partial charge in [-0.25, -0.2) is 26.9 Å². The van der Waals surface area contributed by atoms with E-state index in [2.05, 4.69) is 15.3 Å². The largest absolute Gasteiger partial charge is 0.455 e. The van der Waals surface area contributed by atoms with Gasteiger partial charge in [0.25, 0.3) is 21.6 Å². The molecule has 220 valence electrons. The van der Waals surface area contributed by atoms with Gasteiger partial charge in [-0.2, -0.15) is 0 Å². The number of para-hydroxylation sites is 1. The van der Waals surface area contributed by atoms with E-state index in [-0.39, 0.29) is 29.5 Å². The zero-order chi connectivity index (χ0) is 29.9. The van der Waals surface area contributed by atoms with E-state index in [4.69, 9.17) is 4.74 Å². The standard InChI is InChI=1S/C27H26F2N6O6S/c28-11-19(12-29)34-15-17(16-34)13-31-23-6-5-21(10-24(23)35(37)38)42(39,40)33-27(36)22-3-1-2-4-25(22)41-20-9-18-7-8-30-26(18)32-14-20/h1-10,14,17,19,31H,11-13,15-16H2,(H,30,32)(H,33,36). The SMILES string of the molecule is O=C(NS(=O)(=O)c1ccc(NCC2CN(C(CF)CF)C2)c([N+](=O)[O-])c1)c1ccccc1Oc1cnc2[nH]ccc2c1. The molecule has 0 bridgehead atoms. The number of carbonyl (C=O) groups excluding carboxylic acids is 1. The second kappa shape index (κ2) is 12.1. The lowest BCUT2D eigenvalue weighted by Crippen LogP contribution is -2.55. The monoisotopic (exact) mass is 600 g/mol. The predicted octanol–water partition coefficient (Wildman–Crippen LogP) is 4.03. The molecule has 3 heterocycles. The van der Waals surface area contributed by atoms with Crippen LogP contribution in [0.3, 0.4) is 0 Å². The fraction of sp³-hybridized carbons (Fsp3) is 0.259. The number of alkyl halides is 2. The highest BCUT2D eigenvalue weighted by molar-refractivity contribution is 7.90. The predicted molar refractivity (Wildman–Crippen MR) is 150 cm³/mol. The lowest BCUT2D eigenvalue weighted by molar-refractivity contribution is -0.384. The lowest BCUT2D eigenvalue weighted by Gasteiger charge is -2.42. The van der Waals surface area contributed by atoms with Gasteiger partial charge in [-0.1, -0.05) is 12.1 Å². The molecule has 0 unspecified atom stereocenters. The van der Waals surface area contributed by atoms with Crippen molar-refractivity contribution < 1.29 is 31.7 Å². The van der Waals surface area contributed by atoms with Crippen LogP contribution in [0.2, 0.25) is 0 Å². The minimum absolute atomic E-state index is 0.0101. The summed E-state index contributed by atoms with van der Waals surface area (Å²) in [5.41, 5.74) is 0.122. The maximum absolute atomic E-state index is 13.1. The minimum Gasteiger partial charge on any atom is -0.455 e. The molecular formula is C27H26F2N6O6S. The number of ether oxygens (including phenoxy) is 1. The summed E-state index contributed by atoms with van der Waals surface area (Å²) in [6.07, 6.45) is 3.16. The molecule has 15 heteroatoms. The van der Waals surface area contributed by atoms with Crippen molar-refractivity contribution in [1.82, 2.24) is 19.6 Å². The van der Waals surface area contributed by atoms with E-state index in [9.17, 15) is 32.1 Å². The van der Waals surface area contributed by atoms with Crippen LogP contribution in [0.5, 0.6) is 11.5 Å². The molecule has 1 fully saturated rings. The molecule has 1 aliphatic heterocycles. The van der Waals surface area contributed by atoms with Gasteiger partial charge in [0.15, 0.2) is 0 Å². The highest BCUT2D eigenvalue weighted by atomic mass is 32.2. The summed E-state index contributed by atoms with van der Waals surface area (Å²) < 4.78 is 59.6. The van der Waals surface area contributed by atoms with Gasteiger partial charge in [0.05, 0.1) is 27.6 Å². The number of sulfonamides is 1. The molecule has 12 nitrogen and oxygen atoms in total. The molecule has 0 saturated carbocycles. The summed E-state index contributed by atoms with van der Waals surface area (Å²) in [4.78, 5) is 32.4. The molecule has 1 saturated heterocycles. The molecule has 2 aromatic carbocycles. The Morgan fingerprint density at radius 3 is 2.67 bits per heavy atom. The first-order chi connectivity index (χ1) is 20.2. The third-order valence-corrected chi connectivity index (χ3v) is 8.21. The van der Waals surface area contributed by atoms with Crippen molar-refractivity contribution in [3.8, 4) is 11.5 Å². The molecule has 42 heavy (non-hydrogen) atoms. The minimum atomic E-state index is -4.52. The summed E-state index contributed by atoms with van der Waals surface area (Å²) >= 11 is 0. The first-order valence-corrected chi connectivity index (χ1v) is 14.3. The van der Waals surface area contributed by atoms with E-state index < -0.39 is 50.8 Å². The van der Waals surface area contributed by atoms with E-state index in [1.165, 1.54) is 30.5 Å². The average molecular weight is 601 g/mol. The van der Waals surface area contributed by atoms with Crippen LogP contribution in [0.25, 0.3) is 11.0 Å². The van der Waals surface area contributed by atoms with E-state index in [0.29, 0.717) is 24.5 Å². The molecule has 0 aliphatic carbocycles. The molecule has 0 atom stereocenters. The number of hydrogen-bond acceptors (Lipinski definition) is 9. The van der Waals surface area contributed by atoms with Crippen molar-refractivity contribution in [1.29, 1.82) is 0 Å². The number of likely N-dealkylation sites (tertiary alicyclic amines) is 1. The number of hydrogen-bond donors (Lipinski definition) is 3. The Balaban J connectivity index is 1.28. The Morgan fingerprint density at radius 1 is 1.17 bits per heavy atom. The molecule has 0 spiro atoms. The highest BCUT2D eigenvalue weighted by Gasteiger charge is 2.33. The average Bonchev–Trinajstić information content (AvgIpc) is 3.42. The molecule has 1 aliphatic rings. The zero-order valence-electron chi connectivity index (χ0n) is 22.0. The molecular weight excluding hydrogens is 574 g/mol. The van der Waals surface area contributed by atoms with Crippen molar-refractivity contribution in [2.75, 3.05) is 38.3 Å². The van der Waals surface area contributed by atoms with Gasteiger partial charge in [-0.3, -0.25) is 19.8 Å². The third kappa shape index (κ3) is 6.16.